The Morgan fingerprint density at radius 1 is 1.09 bits per heavy atom. The molecule has 0 unspecified atom stereocenters. The zero-order valence-electron chi connectivity index (χ0n) is 19.0. The fraction of sp³-hybridized carbons (Fsp3) is 0.458. The average Bonchev–Trinajstić information content (AvgIpc) is 3.20. The Balaban J connectivity index is 1.76. The predicted octanol–water partition coefficient (Wildman–Crippen LogP) is 3.59. The van der Waals surface area contributed by atoms with Crippen molar-refractivity contribution in [2.75, 3.05) is 27.3 Å². The van der Waals surface area contributed by atoms with E-state index in [4.69, 9.17) is 9.47 Å². The van der Waals surface area contributed by atoms with E-state index in [0.29, 0.717) is 37.6 Å². The Morgan fingerprint density at radius 3 is 2.48 bits per heavy atom. The Kier molecular flexibility index (Phi) is 8.20. The minimum absolute atomic E-state index is 0.0682. The molecule has 0 bridgehead atoms. The van der Waals surface area contributed by atoms with Crippen molar-refractivity contribution in [2.45, 2.75) is 44.7 Å². The van der Waals surface area contributed by atoms with E-state index in [1.165, 1.54) is 12.1 Å². The van der Waals surface area contributed by atoms with E-state index in [2.05, 4.69) is 10.6 Å². The van der Waals surface area contributed by atoms with E-state index < -0.39 is 17.8 Å². The van der Waals surface area contributed by atoms with Gasteiger partial charge in [0.2, 0.25) is 5.91 Å². The van der Waals surface area contributed by atoms with Gasteiger partial charge in [-0.15, -0.1) is 0 Å². The summed E-state index contributed by atoms with van der Waals surface area (Å²) in [5.74, 6) is 1.10. The van der Waals surface area contributed by atoms with Crippen molar-refractivity contribution in [1.82, 2.24) is 15.5 Å². The molecule has 0 saturated carbocycles. The largest absolute Gasteiger partial charge is 0.493 e. The number of nitrogens with zero attached hydrogens (tertiary/aromatic N) is 1. The zero-order valence-corrected chi connectivity index (χ0v) is 19.0. The van der Waals surface area contributed by atoms with Gasteiger partial charge in [-0.3, -0.25) is 9.69 Å². The normalized spacial score (nSPS) is 18.8. The van der Waals surface area contributed by atoms with Crippen LogP contribution in [0.5, 0.6) is 11.5 Å². The highest BCUT2D eigenvalue weighted by molar-refractivity contribution is 5.82. The maximum atomic E-state index is 13.3. The van der Waals surface area contributed by atoms with Crippen LogP contribution in [0.4, 0.5) is 13.2 Å². The van der Waals surface area contributed by atoms with Crippen molar-refractivity contribution in [3.63, 3.8) is 0 Å². The molecule has 2 aromatic carbocycles. The lowest BCUT2D eigenvalue weighted by Crippen LogP contribution is -2.42. The number of benzene rings is 2. The topological polar surface area (TPSA) is 62.8 Å². The molecule has 1 aliphatic rings. The van der Waals surface area contributed by atoms with E-state index in [0.717, 1.165) is 11.6 Å². The molecule has 0 spiro atoms. The third kappa shape index (κ3) is 5.97. The van der Waals surface area contributed by atoms with Gasteiger partial charge in [-0.1, -0.05) is 30.3 Å². The van der Waals surface area contributed by atoms with Gasteiger partial charge in [-0.25, -0.2) is 0 Å². The molecule has 1 aliphatic heterocycles. The monoisotopic (exact) mass is 465 g/mol. The van der Waals surface area contributed by atoms with Gasteiger partial charge >= 0.3 is 6.18 Å². The summed E-state index contributed by atoms with van der Waals surface area (Å²) in [7, 11) is 3.13. The summed E-state index contributed by atoms with van der Waals surface area (Å²) >= 11 is 0. The summed E-state index contributed by atoms with van der Waals surface area (Å²) in [6, 6.07) is 10.6. The van der Waals surface area contributed by atoms with Gasteiger partial charge in [0.15, 0.2) is 11.5 Å². The van der Waals surface area contributed by atoms with Crippen molar-refractivity contribution in [3.05, 3.63) is 59.2 Å². The van der Waals surface area contributed by atoms with Crippen LogP contribution < -0.4 is 20.1 Å². The first kappa shape index (κ1) is 24.9. The maximum absolute atomic E-state index is 13.3. The lowest BCUT2D eigenvalue weighted by atomic mass is 10.1. The zero-order chi connectivity index (χ0) is 24.0. The number of carbonyl (C=O) groups is 1. The number of alkyl halides is 3. The lowest BCUT2D eigenvalue weighted by Gasteiger charge is -2.24. The van der Waals surface area contributed by atoms with Crippen molar-refractivity contribution in [3.8, 4) is 11.5 Å². The number of hydrogen-bond acceptors (Lipinski definition) is 5. The summed E-state index contributed by atoms with van der Waals surface area (Å²) in [4.78, 5) is 14.8. The number of likely N-dealkylation sites (N-methyl/N-ethyl adjacent to an activating group) is 1. The molecule has 1 saturated heterocycles. The molecule has 3 rings (SSSR count). The molecule has 180 valence electrons. The van der Waals surface area contributed by atoms with E-state index in [9.17, 15) is 18.0 Å². The number of likely N-dealkylation sites (tertiary alicyclic amines) is 1. The molecular weight excluding hydrogens is 435 g/mol. The second-order valence-electron chi connectivity index (χ2n) is 7.96. The average molecular weight is 466 g/mol. The Hall–Kier alpha value is -2.78. The summed E-state index contributed by atoms with van der Waals surface area (Å²) < 4.78 is 50.9. The highest BCUT2D eigenvalue weighted by atomic mass is 19.4. The number of hydrogen-bond donors (Lipinski definition) is 2. The molecule has 2 atom stereocenters. The van der Waals surface area contributed by atoms with Crippen LogP contribution in [0, 0.1) is 0 Å². The molecule has 9 heteroatoms. The number of para-hydroxylation sites is 1. The fourth-order valence-electron chi connectivity index (χ4n) is 4.29. The van der Waals surface area contributed by atoms with Crippen molar-refractivity contribution in [2.24, 2.45) is 0 Å². The number of carbonyl (C=O) groups excluding carboxylic acids is 1. The number of nitrogens with one attached hydrogen (secondary N) is 2. The predicted molar refractivity (Wildman–Crippen MR) is 119 cm³/mol. The molecule has 0 radical (unpaired) electrons. The van der Waals surface area contributed by atoms with E-state index in [-0.39, 0.29) is 24.1 Å². The van der Waals surface area contributed by atoms with Gasteiger partial charge in [-0.05, 0) is 31.0 Å². The van der Waals surface area contributed by atoms with Crippen molar-refractivity contribution < 1.29 is 27.4 Å². The second-order valence-corrected chi connectivity index (χ2v) is 7.96. The quantitative estimate of drug-likeness (QED) is 0.593. The third-order valence-corrected chi connectivity index (χ3v) is 5.82. The fourth-order valence-corrected chi connectivity index (χ4v) is 4.29. The standard InChI is InChI=1S/C24H30F3N3O3/c1-4-28-23(31)20-12-18(29-13-16-8-5-6-10-19(16)24(25,26)27)15-30(20)14-17-9-7-11-21(32-2)22(17)33-3/h5-11,18,20,29H,4,12-15H2,1-3H3,(H,28,31)/t18-,20+/m1/s1. The molecule has 1 heterocycles. The van der Waals surface area contributed by atoms with Crippen LogP contribution in [-0.4, -0.2) is 50.2 Å². The third-order valence-electron chi connectivity index (χ3n) is 5.82. The Labute approximate surface area is 192 Å². The molecule has 1 amide bonds. The molecule has 2 N–H and O–H groups in total. The summed E-state index contributed by atoms with van der Waals surface area (Å²) in [5.41, 5.74) is 0.412. The maximum Gasteiger partial charge on any atom is 0.416 e. The number of methoxy groups -OCH3 is 2. The smallest absolute Gasteiger partial charge is 0.416 e. The molecule has 0 aliphatic carbocycles. The van der Waals surface area contributed by atoms with E-state index in [1.807, 2.05) is 24.0 Å². The molecule has 6 nitrogen and oxygen atoms in total. The minimum atomic E-state index is -4.41. The molecule has 1 fully saturated rings. The molecular formula is C24H30F3N3O3. The van der Waals surface area contributed by atoms with Crippen LogP contribution in [0.3, 0.4) is 0 Å². The number of halogens is 3. The molecule has 2 aromatic rings. The van der Waals surface area contributed by atoms with Crippen LogP contribution in [-0.2, 0) is 24.1 Å². The van der Waals surface area contributed by atoms with Crippen molar-refractivity contribution in [1.29, 1.82) is 0 Å². The Morgan fingerprint density at radius 2 is 1.82 bits per heavy atom. The van der Waals surface area contributed by atoms with Crippen LogP contribution in [0.1, 0.15) is 30.0 Å². The Bertz CT molecular complexity index is 952. The minimum Gasteiger partial charge on any atom is -0.493 e. The molecule has 0 aromatic heterocycles. The second kappa shape index (κ2) is 10.9. The van der Waals surface area contributed by atoms with Crippen LogP contribution in [0.15, 0.2) is 42.5 Å². The van der Waals surface area contributed by atoms with Gasteiger partial charge in [0.05, 0.1) is 25.8 Å². The first-order valence-corrected chi connectivity index (χ1v) is 10.9. The summed E-state index contributed by atoms with van der Waals surface area (Å²) in [5, 5.41) is 6.09. The summed E-state index contributed by atoms with van der Waals surface area (Å²) in [6.07, 6.45) is -3.92. The first-order chi connectivity index (χ1) is 15.8. The number of rotatable bonds is 9. The van der Waals surface area contributed by atoms with Gasteiger partial charge in [-0.2, -0.15) is 13.2 Å². The van der Waals surface area contributed by atoms with Crippen LogP contribution in [0.2, 0.25) is 0 Å². The van der Waals surface area contributed by atoms with Gasteiger partial charge in [0.25, 0.3) is 0 Å². The number of ether oxygens (including phenoxy) is 2. The van der Waals surface area contributed by atoms with Gasteiger partial charge in [0.1, 0.15) is 0 Å². The van der Waals surface area contributed by atoms with Crippen LogP contribution >= 0.6 is 0 Å². The highest BCUT2D eigenvalue weighted by Gasteiger charge is 2.37. The summed E-state index contributed by atoms with van der Waals surface area (Å²) in [6.45, 7) is 3.38. The van der Waals surface area contributed by atoms with Crippen molar-refractivity contribution >= 4 is 5.91 Å². The highest BCUT2D eigenvalue weighted by Crippen LogP contribution is 2.34. The van der Waals surface area contributed by atoms with Crippen LogP contribution in [0.25, 0.3) is 0 Å². The van der Waals surface area contributed by atoms with Gasteiger partial charge in [0, 0.05) is 37.8 Å². The first-order valence-electron chi connectivity index (χ1n) is 10.9. The van der Waals surface area contributed by atoms with Gasteiger partial charge < -0.3 is 20.1 Å². The van der Waals surface area contributed by atoms with E-state index >= 15 is 0 Å². The number of amides is 1. The molecule has 33 heavy (non-hydrogen) atoms. The SMILES string of the molecule is CCNC(=O)[C@@H]1C[C@@H](NCc2ccccc2C(F)(F)F)CN1Cc1cccc(OC)c1OC. The lowest BCUT2D eigenvalue weighted by molar-refractivity contribution is -0.138. The van der Waals surface area contributed by atoms with E-state index in [1.54, 1.807) is 26.4 Å².